The first-order valence-electron chi connectivity index (χ1n) is 8.32. The number of ether oxygens (including phenoxy) is 3. The van der Waals surface area contributed by atoms with Crippen molar-refractivity contribution in [1.29, 1.82) is 0 Å². The molecule has 0 unspecified atom stereocenters. The van der Waals surface area contributed by atoms with E-state index in [-0.39, 0.29) is 32.2 Å². The number of carbonyl (C=O) groups excluding carboxylic acids is 1. The highest BCUT2D eigenvalue weighted by atomic mass is 19.4. The molecule has 150 valence electrons. The van der Waals surface area contributed by atoms with Gasteiger partial charge in [0, 0.05) is 13.1 Å². The van der Waals surface area contributed by atoms with Gasteiger partial charge in [-0.05, 0) is 24.3 Å². The van der Waals surface area contributed by atoms with Gasteiger partial charge in [0.2, 0.25) is 12.7 Å². The van der Waals surface area contributed by atoms with Gasteiger partial charge < -0.3 is 19.1 Å². The van der Waals surface area contributed by atoms with Crippen LogP contribution in [0, 0.1) is 0 Å². The summed E-state index contributed by atoms with van der Waals surface area (Å²) in [7, 11) is 1.39. The molecule has 28 heavy (non-hydrogen) atoms. The lowest BCUT2D eigenvalue weighted by molar-refractivity contribution is -0.141. The van der Waals surface area contributed by atoms with Gasteiger partial charge in [0.1, 0.15) is 12.4 Å². The fraction of sp³-hybridized carbons (Fsp3) is 0.333. The van der Waals surface area contributed by atoms with E-state index < -0.39 is 17.8 Å². The SMILES string of the molecule is C=CC(=O)N(CCOc1ccc2c(c1)OCO2)Cc1cc(C(F)(F)F)nn1C. The Labute approximate surface area is 158 Å². The van der Waals surface area contributed by atoms with Crippen LogP contribution in [0.5, 0.6) is 17.2 Å². The summed E-state index contributed by atoms with van der Waals surface area (Å²) in [6, 6.07) is 5.99. The van der Waals surface area contributed by atoms with E-state index in [1.54, 1.807) is 18.2 Å². The van der Waals surface area contributed by atoms with Crippen LogP contribution in [0.15, 0.2) is 36.9 Å². The summed E-state index contributed by atoms with van der Waals surface area (Å²) in [6.07, 6.45) is -3.45. The number of aryl methyl sites for hydroxylation is 1. The second kappa shape index (κ2) is 7.83. The number of rotatable bonds is 7. The van der Waals surface area contributed by atoms with Gasteiger partial charge in [-0.3, -0.25) is 9.48 Å². The number of carbonyl (C=O) groups is 1. The molecule has 7 nitrogen and oxygen atoms in total. The Morgan fingerprint density at radius 3 is 2.79 bits per heavy atom. The largest absolute Gasteiger partial charge is 0.492 e. The molecular weight excluding hydrogens is 379 g/mol. The summed E-state index contributed by atoms with van der Waals surface area (Å²) >= 11 is 0. The van der Waals surface area contributed by atoms with E-state index in [0.29, 0.717) is 17.2 Å². The first-order chi connectivity index (χ1) is 13.3. The summed E-state index contributed by atoms with van der Waals surface area (Å²) in [6.45, 7) is 3.79. The van der Waals surface area contributed by atoms with Crippen molar-refractivity contribution in [3.05, 3.63) is 48.3 Å². The normalized spacial score (nSPS) is 12.7. The van der Waals surface area contributed by atoms with Crippen LogP contribution in [0.1, 0.15) is 11.4 Å². The number of nitrogens with zero attached hydrogens (tertiary/aromatic N) is 3. The Morgan fingerprint density at radius 1 is 1.36 bits per heavy atom. The highest BCUT2D eigenvalue weighted by molar-refractivity contribution is 5.86. The molecule has 1 amide bonds. The fourth-order valence-electron chi connectivity index (χ4n) is 2.62. The Morgan fingerprint density at radius 2 is 2.11 bits per heavy atom. The smallest absolute Gasteiger partial charge is 0.435 e. The minimum atomic E-state index is -4.55. The molecule has 0 radical (unpaired) electrons. The van der Waals surface area contributed by atoms with Crippen molar-refractivity contribution < 1.29 is 32.2 Å². The Hall–Kier alpha value is -3.17. The zero-order chi connectivity index (χ0) is 20.3. The third-order valence-corrected chi connectivity index (χ3v) is 4.08. The van der Waals surface area contributed by atoms with Gasteiger partial charge in [-0.25, -0.2) is 0 Å². The van der Waals surface area contributed by atoms with Crippen molar-refractivity contribution in [1.82, 2.24) is 14.7 Å². The van der Waals surface area contributed by atoms with Crippen molar-refractivity contribution in [2.45, 2.75) is 12.7 Å². The van der Waals surface area contributed by atoms with E-state index in [1.807, 2.05) is 0 Å². The zero-order valence-corrected chi connectivity index (χ0v) is 15.0. The van der Waals surface area contributed by atoms with E-state index in [4.69, 9.17) is 14.2 Å². The maximum absolute atomic E-state index is 12.8. The summed E-state index contributed by atoms with van der Waals surface area (Å²) in [5.74, 6) is 1.28. The van der Waals surface area contributed by atoms with Crippen molar-refractivity contribution in [3.8, 4) is 17.2 Å². The summed E-state index contributed by atoms with van der Waals surface area (Å²) in [5, 5.41) is 3.45. The molecule has 1 aromatic heterocycles. The molecule has 3 rings (SSSR count). The van der Waals surface area contributed by atoms with Crippen LogP contribution in [-0.4, -0.2) is 40.5 Å². The first kappa shape index (κ1) is 19.6. The Bertz CT molecular complexity index is 879. The zero-order valence-electron chi connectivity index (χ0n) is 15.0. The van der Waals surface area contributed by atoms with Crippen molar-refractivity contribution in [2.75, 3.05) is 19.9 Å². The molecule has 2 aromatic rings. The minimum absolute atomic E-state index is 0.0606. The second-order valence-electron chi connectivity index (χ2n) is 5.97. The predicted octanol–water partition coefficient (Wildman–Crippen LogP) is 2.76. The molecule has 0 atom stereocenters. The molecule has 0 spiro atoms. The minimum Gasteiger partial charge on any atom is -0.492 e. The van der Waals surface area contributed by atoms with Gasteiger partial charge in [0.15, 0.2) is 17.2 Å². The molecule has 1 aliphatic rings. The molecule has 0 saturated carbocycles. The molecule has 10 heteroatoms. The molecule has 1 aliphatic heterocycles. The average Bonchev–Trinajstić information content (AvgIpc) is 3.26. The maximum Gasteiger partial charge on any atom is 0.435 e. The van der Waals surface area contributed by atoms with Crippen LogP contribution >= 0.6 is 0 Å². The fourth-order valence-corrected chi connectivity index (χ4v) is 2.62. The van der Waals surface area contributed by atoms with E-state index in [2.05, 4.69) is 11.7 Å². The maximum atomic E-state index is 12.8. The third kappa shape index (κ3) is 4.38. The summed E-state index contributed by atoms with van der Waals surface area (Å²) in [4.78, 5) is 13.4. The molecule has 2 heterocycles. The highest BCUT2D eigenvalue weighted by Crippen LogP contribution is 2.35. The second-order valence-corrected chi connectivity index (χ2v) is 5.97. The topological polar surface area (TPSA) is 65.8 Å². The van der Waals surface area contributed by atoms with E-state index >= 15 is 0 Å². The highest BCUT2D eigenvalue weighted by Gasteiger charge is 2.34. The molecule has 1 aromatic carbocycles. The lowest BCUT2D eigenvalue weighted by Gasteiger charge is -2.21. The number of fused-ring (bicyclic) bond motifs is 1. The lowest BCUT2D eigenvalue weighted by atomic mass is 10.3. The van der Waals surface area contributed by atoms with E-state index in [0.717, 1.165) is 16.8 Å². The molecule has 0 N–H and O–H groups in total. The van der Waals surface area contributed by atoms with E-state index in [1.165, 1.54) is 11.9 Å². The van der Waals surface area contributed by atoms with Crippen LogP contribution in [-0.2, 0) is 24.6 Å². The number of aromatic nitrogens is 2. The summed E-state index contributed by atoms with van der Waals surface area (Å²) in [5.41, 5.74) is -0.766. The number of alkyl halides is 3. The van der Waals surface area contributed by atoms with Gasteiger partial charge in [0.25, 0.3) is 0 Å². The quantitative estimate of drug-likeness (QED) is 0.673. The van der Waals surface area contributed by atoms with Crippen LogP contribution in [0.3, 0.4) is 0 Å². The number of hydrogen-bond donors (Lipinski definition) is 0. The van der Waals surface area contributed by atoms with Crippen LogP contribution in [0.4, 0.5) is 13.2 Å². The predicted molar refractivity (Wildman–Crippen MR) is 91.9 cm³/mol. The molecule has 0 fully saturated rings. The summed E-state index contributed by atoms with van der Waals surface area (Å²) < 4.78 is 55.6. The van der Waals surface area contributed by atoms with Gasteiger partial charge in [-0.15, -0.1) is 0 Å². The van der Waals surface area contributed by atoms with Crippen molar-refractivity contribution in [3.63, 3.8) is 0 Å². The Balaban J connectivity index is 1.64. The molecule has 0 bridgehead atoms. The van der Waals surface area contributed by atoms with Gasteiger partial charge in [0.05, 0.1) is 18.8 Å². The number of halogens is 3. The van der Waals surface area contributed by atoms with Crippen LogP contribution in [0.2, 0.25) is 0 Å². The van der Waals surface area contributed by atoms with Crippen molar-refractivity contribution >= 4 is 5.91 Å². The molecule has 0 aliphatic carbocycles. The van der Waals surface area contributed by atoms with Crippen LogP contribution in [0.25, 0.3) is 0 Å². The number of benzene rings is 1. The van der Waals surface area contributed by atoms with Gasteiger partial charge in [-0.2, -0.15) is 18.3 Å². The van der Waals surface area contributed by atoms with Gasteiger partial charge in [-0.1, -0.05) is 6.58 Å². The lowest BCUT2D eigenvalue weighted by Crippen LogP contribution is -2.33. The number of hydrogen-bond acceptors (Lipinski definition) is 5. The monoisotopic (exact) mass is 397 g/mol. The molecule has 0 saturated heterocycles. The average molecular weight is 397 g/mol. The van der Waals surface area contributed by atoms with Gasteiger partial charge >= 0.3 is 6.18 Å². The third-order valence-electron chi connectivity index (χ3n) is 4.08. The first-order valence-corrected chi connectivity index (χ1v) is 8.32. The van der Waals surface area contributed by atoms with Crippen molar-refractivity contribution in [2.24, 2.45) is 7.05 Å². The van der Waals surface area contributed by atoms with E-state index in [9.17, 15) is 18.0 Å². The van der Waals surface area contributed by atoms with Crippen LogP contribution < -0.4 is 14.2 Å². The standard InChI is InChI=1S/C18H18F3N3O4/c1-3-17(25)24(10-12-8-16(18(19,20)21)22-23(12)2)6-7-26-13-4-5-14-15(9-13)28-11-27-14/h3-5,8-9H,1,6-7,10-11H2,2H3. The number of amides is 1. The molecular formula is C18H18F3N3O4. The Kier molecular flexibility index (Phi) is 5.48.